The largest absolute Gasteiger partial charge is 0.437 e. The summed E-state index contributed by atoms with van der Waals surface area (Å²) in [5.41, 5.74) is 3.81. The normalized spacial score (nSPS) is 14.9. The van der Waals surface area contributed by atoms with Crippen LogP contribution in [0.2, 0.25) is 0 Å². The van der Waals surface area contributed by atoms with Crippen LogP contribution in [0.25, 0.3) is 0 Å². The van der Waals surface area contributed by atoms with Crippen LogP contribution in [0.5, 0.6) is 11.6 Å². The Labute approximate surface area is 195 Å². The van der Waals surface area contributed by atoms with E-state index in [0.717, 1.165) is 43.6 Å². The van der Waals surface area contributed by atoms with Gasteiger partial charge in [0.05, 0.1) is 22.3 Å². The molecule has 1 aliphatic heterocycles. The van der Waals surface area contributed by atoms with Crippen molar-refractivity contribution in [3.8, 4) is 17.7 Å². The van der Waals surface area contributed by atoms with Crippen molar-refractivity contribution in [1.29, 1.82) is 5.26 Å². The van der Waals surface area contributed by atoms with Gasteiger partial charge in [0.15, 0.2) is 0 Å². The lowest BCUT2D eigenvalue weighted by Crippen LogP contribution is -2.38. The van der Waals surface area contributed by atoms with Gasteiger partial charge in [-0.25, -0.2) is 4.98 Å². The molecule has 160 valence electrons. The first kappa shape index (κ1) is 21.8. The number of anilines is 1. The number of likely N-dealkylation sites (tertiary alicyclic amines) is 1. The van der Waals surface area contributed by atoms with Gasteiger partial charge in [0.25, 0.3) is 0 Å². The van der Waals surface area contributed by atoms with Crippen molar-refractivity contribution in [2.45, 2.75) is 39.3 Å². The number of nitriles is 1. The number of piperidine rings is 1. The Morgan fingerprint density at radius 3 is 2.68 bits per heavy atom. The summed E-state index contributed by atoms with van der Waals surface area (Å²) in [6.07, 6.45) is 3.81. The van der Waals surface area contributed by atoms with Crippen LogP contribution < -0.4 is 10.1 Å². The molecule has 3 aromatic rings. The molecule has 0 atom stereocenters. The third-order valence-corrected chi connectivity index (χ3v) is 6.68. The summed E-state index contributed by atoms with van der Waals surface area (Å²) < 4.78 is 6.81. The van der Waals surface area contributed by atoms with E-state index in [1.54, 1.807) is 17.5 Å². The predicted molar refractivity (Wildman–Crippen MR) is 127 cm³/mol. The Balaban J connectivity index is 1.40. The van der Waals surface area contributed by atoms with Crippen molar-refractivity contribution in [3.05, 3.63) is 61.9 Å². The van der Waals surface area contributed by atoms with Gasteiger partial charge in [-0.05, 0) is 88.3 Å². The van der Waals surface area contributed by atoms with E-state index in [2.05, 4.69) is 59.0 Å². The van der Waals surface area contributed by atoms with Gasteiger partial charge in [-0.2, -0.15) is 21.6 Å². The molecule has 3 heterocycles. The van der Waals surface area contributed by atoms with Gasteiger partial charge in [-0.1, -0.05) is 0 Å². The van der Waals surface area contributed by atoms with Crippen LogP contribution in [0.4, 0.5) is 5.95 Å². The summed E-state index contributed by atoms with van der Waals surface area (Å²) in [5.74, 6) is 1.74. The topological polar surface area (TPSA) is 74.1 Å². The lowest BCUT2D eigenvalue weighted by Gasteiger charge is -2.32. The fourth-order valence-electron chi connectivity index (χ4n) is 3.82. The fraction of sp³-hybridized carbons (Fsp3) is 0.348. The molecule has 0 aliphatic carbocycles. The van der Waals surface area contributed by atoms with E-state index in [0.29, 0.717) is 33.7 Å². The lowest BCUT2D eigenvalue weighted by atomic mass is 10.0. The molecule has 8 heteroatoms. The molecule has 1 aliphatic rings. The highest BCUT2D eigenvalue weighted by Gasteiger charge is 2.21. The zero-order valence-corrected chi connectivity index (χ0v) is 20.0. The van der Waals surface area contributed by atoms with Crippen molar-refractivity contribution in [3.63, 3.8) is 0 Å². The zero-order valence-electron chi connectivity index (χ0n) is 17.6. The second kappa shape index (κ2) is 9.77. The quantitative estimate of drug-likeness (QED) is 0.473. The molecule has 6 nitrogen and oxygen atoms in total. The van der Waals surface area contributed by atoms with E-state index in [1.807, 2.05) is 26.0 Å². The highest BCUT2D eigenvalue weighted by molar-refractivity contribution is 9.10. The first-order chi connectivity index (χ1) is 15.0. The average molecular weight is 498 g/mol. The molecule has 1 N–H and O–H groups in total. The molecule has 1 fully saturated rings. The maximum Gasteiger partial charge on any atom is 0.238 e. The molecule has 0 amide bonds. The summed E-state index contributed by atoms with van der Waals surface area (Å²) >= 11 is 5.24. The molecule has 1 saturated heterocycles. The van der Waals surface area contributed by atoms with Crippen LogP contribution in [-0.4, -0.2) is 34.0 Å². The van der Waals surface area contributed by atoms with Gasteiger partial charge in [-0.15, -0.1) is 0 Å². The second-order valence-corrected chi connectivity index (χ2v) is 9.46. The van der Waals surface area contributed by atoms with Crippen molar-refractivity contribution in [2.24, 2.45) is 0 Å². The summed E-state index contributed by atoms with van der Waals surface area (Å²) in [4.78, 5) is 11.5. The van der Waals surface area contributed by atoms with Crippen LogP contribution >= 0.6 is 27.3 Å². The number of hydrogen-bond acceptors (Lipinski definition) is 7. The summed E-state index contributed by atoms with van der Waals surface area (Å²) in [5, 5.41) is 17.0. The standard InChI is InChI=1S/C23H24BrN5OS/c1-15-9-18(11-25)10-16(2)21(15)30-22-20(24)12-26-23(28-22)27-19-3-6-29(7-4-19)13-17-5-8-31-14-17/h5,8-10,12,14,19H,3-4,6-7,13H2,1-2H3,(H,26,27,28). The number of halogens is 1. The maximum absolute atomic E-state index is 9.15. The Kier molecular flexibility index (Phi) is 6.86. The van der Waals surface area contributed by atoms with Gasteiger partial charge in [0.1, 0.15) is 5.75 Å². The zero-order chi connectivity index (χ0) is 21.8. The molecule has 2 aromatic heterocycles. The molecule has 0 bridgehead atoms. The van der Waals surface area contributed by atoms with Crippen molar-refractivity contribution in [2.75, 3.05) is 18.4 Å². The molecular formula is C23H24BrN5OS. The van der Waals surface area contributed by atoms with E-state index in [4.69, 9.17) is 10.00 Å². The number of aromatic nitrogens is 2. The number of nitrogens with one attached hydrogen (secondary N) is 1. The monoisotopic (exact) mass is 497 g/mol. The van der Waals surface area contributed by atoms with Gasteiger partial charge in [-0.3, -0.25) is 4.90 Å². The third-order valence-electron chi connectivity index (χ3n) is 5.41. The van der Waals surface area contributed by atoms with Crippen LogP contribution in [0.3, 0.4) is 0 Å². The Bertz CT molecular complexity index is 1060. The highest BCUT2D eigenvalue weighted by atomic mass is 79.9. The predicted octanol–water partition coefficient (Wildman–Crippen LogP) is 5.66. The fourth-order valence-corrected chi connectivity index (χ4v) is 4.76. The van der Waals surface area contributed by atoms with E-state index < -0.39 is 0 Å². The average Bonchev–Trinajstić information content (AvgIpc) is 3.27. The SMILES string of the molecule is Cc1cc(C#N)cc(C)c1Oc1nc(NC2CCN(Cc3ccsc3)CC2)ncc1Br. The number of nitrogens with zero attached hydrogens (tertiary/aromatic N) is 4. The van der Waals surface area contributed by atoms with Crippen LogP contribution in [0.1, 0.15) is 35.1 Å². The van der Waals surface area contributed by atoms with Crippen molar-refractivity contribution >= 4 is 33.2 Å². The molecule has 0 unspecified atom stereocenters. The number of rotatable bonds is 6. The van der Waals surface area contributed by atoms with Crippen molar-refractivity contribution in [1.82, 2.24) is 14.9 Å². The minimum atomic E-state index is 0.339. The number of aryl methyl sites for hydroxylation is 2. The number of thiophene rings is 1. The summed E-state index contributed by atoms with van der Waals surface area (Å²) in [7, 11) is 0. The van der Waals surface area contributed by atoms with E-state index in [-0.39, 0.29) is 0 Å². The highest BCUT2D eigenvalue weighted by Crippen LogP contribution is 2.33. The van der Waals surface area contributed by atoms with Gasteiger partial charge in [0, 0.05) is 25.7 Å². The van der Waals surface area contributed by atoms with E-state index in [9.17, 15) is 0 Å². The molecule has 1 aromatic carbocycles. The lowest BCUT2D eigenvalue weighted by molar-refractivity contribution is 0.211. The third kappa shape index (κ3) is 5.42. The number of hydrogen-bond donors (Lipinski definition) is 1. The molecule has 4 rings (SSSR count). The molecule has 31 heavy (non-hydrogen) atoms. The molecule has 0 radical (unpaired) electrons. The molecular weight excluding hydrogens is 474 g/mol. The van der Waals surface area contributed by atoms with Crippen molar-refractivity contribution < 1.29 is 4.74 Å². The van der Waals surface area contributed by atoms with Crippen LogP contribution in [0.15, 0.2) is 39.6 Å². The van der Waals surface area contributed by atoms with E-state index >= 15 is 0 Å². The second-order valence-electron chi connectivity index (χ2n) is 7.83. The molecule has 0 saturated carbocycles. The molecule has 0 spiro atoms. The van der Waals surface area contributed by atoms with Crippen LogP contribution in [-0.2, 0) is 6.54 Å². The summed E-state index contributed by atoms with van der Waals surface area (Å²) in [6.45, 7) is 6.99. The minimum absolute atomic E-state index is 0.339. The first-order valence-corrected chi connectivity index (χ1v) is 12.0. The maximum atomic E-state index is 9.15. The number of ether oxygens (including phenoxy) is 1. The first-order valence-electron chi connectivity index (χ1n) is 10.2. The summed E-state index contributed by atoms with van der Waals surface area (Å²) in [6, 6.07) is 8.35. The van der Waals surface area contributed by atoms with Gasteiger partial charge in [0.2, 0.25) is 11.8 Å². The smallest absolute Gasteiger partial charge is 0.238 e. The Hall–Kier alpha value is -2.47. The van der Waals surface area contributed by atoms with E-state index in [1.165, 1.54) is 5.56 Å². The Morgan fingerprint density at radius 2 is 2.03 bits per heavy atom. The number of benzene rings is 1. The van der Waals surface area contributed by atoms with Gasteiger partial charge >= 0.3 is 0 Å². The minimum Gasteiger partial charge on any atom is -0.437 e. The van der Waals surface area contributed by atoms with Crippen LogP contribution in [0, 0.1) is 25.2 Å². The Morgan fingerprint density at radius 1 is 1.29 bits per heavy atom. The van der Waals surface area contributed by atoms with Gasteiger partial charge < -0.3 is 10.1 Å².